The van der Waals surface area contributed by atoms with Crippen LogP contribution in [-0.2, 0) is 4.74 Å². The number of ether oxygens (including phenoxy) is 2. The molecule has 3 aliphatic rings. The molecule has 2 aromatic heterocycles. The van der Waals surface area contributed by atoms with Crippen LogP contribution in [0.15, 0.2) is 30.6 Å². The number of piperidine rings is 1. The molecule has 0 radical (unpaired) electrons. The van der Waals surface area contributed by atoms with E-state index in [2.05, 4.69) is 67.9 Å². The first-order valence-corrected chi connectivity index (χ1v) is 13.7. The third kappa shape index (κ3) is 5.58. The third-order valence-corrected chi connectivity index (χ3v) is 8.23. The monoisotopic (exact) mass is 505 g/mol. The zero-order chi connectivity index (χ0) is 25.4. The molecule has 1 aliphatic carbocycles. The zero-order valence-corrected chi connectivity index (χ0v) is 22.3. The van der Waals surface area contributed by atoms with Crippen molar-refractivity contribution in [1.82, 2.24) is 30.0 Å². The average Bonchev–Trinajstić information content (AvgIpc) is 3.48. The number of aromatic amines is 1. The molecule has 1 N–H and O–H groups in total. The molecule has 3 aromatic rings. The number of nitrogens with zero attached hydrogens (tertiary/aromatic N) is 6. The topological polar surface area (TPSA) is 82.6 Å². The van der Waals surface area contributed by atoms with Crippen LogP contribution in [-0.4, -0.2) is 101 Å². The number of H-pyrrole nitrogens is 1. The molecule has 0 bridgehead atoms. The lowest BCUT2D eigenvalue weighted by Crippen LogP contribution is -2.53. The van der Waals surface area contributed by atoms with Gasteiger partial charge in [-0.3, -0.25) is 10.00 Å². The summed E-state index contributed by atoms with van der Waals surface area (Å²) in [5, 5.41) is 8.77. The fourth-order valence-corrected chi connectivity index (χ4v) is 5.49. The van der Waals surface area contributed by atoms with E-state index in [9.17, 15) is 0 Å². The quantitative estimate of drug-likeness (QED) is 0.498. The van der Waals surface area contributed by atoms with Gasteiger partial charge in [0.2, 0.25) is 0 Å². The van der Waals surface area contributed by atoms with Gasteiger partial charge in [-0.1, -0.05) is 0 Å². The summed E-state index contributed by atoms with van der Waals surface area (Å²) in [5.41, 5.74) is 2.63. The molecular weight excluding hydrogens is 466 g/mol. The van der Waals surface area contributed by atoms with Crippen LogP contribution in [0.5, 0.6) is 5.75 Å². The summed E-state index contributed by atoms with van der Waals surface area (Å²) in [5.74, 6) is 1.84. The van der Waals surface area contributed by atoms with E-state index in [1.54, 1.807) is 6.33 Å². The molecule has 4 heterocycles. The second-order valence-electron chi connectivity index (χ2n) is 11.3. The number of anilines is 1. The van der Waals surface area contributed by atoms with Crippen molar-refractivity contribution < 1.29 is 9.47 Å². The lowest BCUT2D eigenvalue weighted by atomic mass is 10.1. The van der Waals surface area contributed by atoms with E-state index in [1.807, 2.05) is 12.1 Å². The minimum atomic E-state index is -0.0163. The highest BCUT2D eigenvalue weighted by molar-refractivity contribution is 5.93. The molecule has 1 aromatic carbocycles. The standard InChI is InChI=1S/C28H39N7O2/c1-20-18-35(13-12-34(20)14-15-36-21-6-10-33(3)11-7-21)26-17-25(29-19-30-26)27-23-16-22(37-28(2)8-9-28)4-5-24(23)31-32-27/h4-5,16-17,19-21H,6-15,18H2,1-3H3,(H,31,32)/t20-/m0/s1. The maximum Gasteiger partial charge on any atom is 0.132 e. The number of fused-ring (bicyclic) bond motifs is 1. The van der Waals surface area contributed by atoms with Gasteiger partial charge in [-0.05, 0) is 64.8 Å². The molecule has 1 atom stereocenters. The summed E-state index contributed by atoms with van der Waals surface area (Å²) < 4.78 is 12.4. The summed E-state index contributed by atoms with van der Waals surface area (Å²) in [7, 11) is 2.19. The number of rotatable bonds is 8. The summed E-state index contributed by atoms with van der Waals surface area (Å²) >= 11 is 0. The van der Waals surface area contributed by atoms with Gasteiger partial charge in [0.05, 0.1) is 23.9 Å². The first-order valence-electron chi connectivity index (χ1n) is 13.7. The summed E-state index contributed by atoms with van der Waals surface area (Å²) in [6.07, 6.45) is 6.59. The van der Waals surface area contributed by atoms with E-state index in [-0.39, 0.29) is 5.60 Å². The highest BCUT2D eigenvalue weighted by Crippen LogP contribution is 2.40. The Hall–Kier alpha value is -2.75. The van der Waals surface area contributed by atoms with Crippen LogP contribution < -0.4 is 9.64 Å². The van der Waals surface area contributed by atoms with E-state index in [1.165, 1.54) is 0 Å². The Kier molecular flexibility index (Phi) is 6.77. The lowest BCUT2D eigenvalue weighted by molar-refractivity contribution is -0.00227. The average molecular weight is 506 g/mol. The van der Waals surface area contributed by atoms with Crippen molar-refractivity contribution in [2.24, 2.45) is 0 Å². The smallest absolute Gasteiger partial charge is 0.132 e. The molecule has 3 fully saturated rings. The predicted octanol–water partition coefficient (Wildman–Crippen LogP) is 3.57. The van der Waals surface area contributed by atoms with Crippen LogP contribution in [0.2, 0.25) is 0 Å². The van der Waals surface area contributed by atoms with Gasteiger partial charge in [0, 0.05) is 56.8 Å². The number of hydrogen-bond donors (Lipinski definition) is 1. The summed E-state index contributed by atoms with van der Waals surface area (Å²) in [6, 6.07) is 8.62. The Morgan fingerprint density at radius 3 is 2.70 bits per heavy atom. The number of aromatic nitrogens is 4. The van der Waals surface area contributed by atoms with Gasteiger partial charge in [-0.2, -0.15) is 5.10 Å². The maximum absolute atomic E-state index is 6.20. The molecule has 9 nitrogen and oxygen atoms in total. The Labute approximate surface area is 219 Å². The molecule has 9 heteroatoms. The second kappa shape index (κ2) is 10.2. The minimum absolute atomic E-state index is 0.0163. The van der Waals surface area contributed by atoms with Crippen LogP contribution >= 0.6 is 0 Å². The Morgan fingerprint density at radius 2 is 1.92 bits per heavy atom. The highest BCUT2D eigenvalue weighted by atomic mass is 16.5. The molecular formula is C28H39N7O2. The summed E-state index contributed by atoms with van der Waals surface area (Å²) in [4.78, 5) is 16.5. The lowest BCUT2D eigenvalue weighted by Gasteiger charge is -2.40. The van der Waals surface area contributed by atoms with Crippen molar-refractivity contribution in [3.05, 3.63) is 30.6 Å². The third-order valence-electron chi connectivity index (χ3n) is 8.23. The van der Waals surface area contributed by atoms with Crippen molar-refractivity contribution in [1.29, 1.82) is 0 Å². The fraction of sp³-hybridized carbons (Fsp3) is 0.607. The van der Waals surface area contributed by atoms with Gasteiger partial charge >= 0.3 is 0 Å². The number of likely N-dealkylation sites (tertiary alicyclic amines) is 1. The molecule has 2 saturated heterocycles. The van der Waals surface area contributed by atoms with E-state index in [4.69, 9.17) is 9.47 Å². The molecule has 1 saturated carbocycles. The number of nitrogens with one attached hydrogen (secondary N) is 1. The van der Waals surface area contributed by atoms with Crippen molar-refractivity contribution in [2.45, 2.75) is 57.3 Å². The minimum Gasteiger partial charge on any atom is -0.488 e. The van der Waals surface area contributed by atoms with Crippen LogP contribution in [0.3, 0.4) is 0 Å². The zero-order valence-electron chi connectivity index (χ0n) is 22.3. The SMILES string of the molecule is C[C@H]1CN(c2cc(-c3n[nH]c4ccc(OC5(C)CC5)cc34)ncn2)CCN1CCOC1CCN(C)CC1. The van der Waals surface area contributed by atoms with Gasteiger partial charge in [0.1, 0.15) is 29.2 Å². The fourth-order valence-electron chi connectivity index (χ4n) is 5.49. The first kappa shape index (κ1) is 24.6. The summed E-state index contributed by atoms with van der Waals surface area (Å²) in [6.45, 7) is 11.4. The van der Waals surface area contributed by atoms with Crippen molar-refractivity contribution >= 4 is 16.7 Å². The van der Waals surface area contributed by atoms with Gasteiger partial charge in [-0.25, -0.2) is 9.97 Å². The predicted molar refractivity (Wildman–Crippen MR) is 145 cm³/mol. The largest absolute Gasteiger partial charge is 0.488 e. The highest BCUT2D eigenvalue weighted by Gasteiger charge is 2.40. The normalized spacial score (nSPS) is 23.0. The number of hydrogen-bond acceptors (Lipinski definition) is 8. The molecule has 0 amide bonds. The van der Waals surface area contributed by atoms with Crippen molar-refractivity contribution in [2.75, 3.05) is 57.8 Å². The Morgan fingerprint density at radius 1 is 1.08 bits per heavy atom. The van der Waals surface area contributed by atoms with E-state index in [0.717, 1.165) is 105 Å². The van der Waals surface area contributed by atoms with Crippen LogP contribution in [0.25, 0.3) is 22.3 Å². The van der Waals surface area contributed by atoms with E-state index >= 15 is 0 Å². The van der Waals surface area contributed by atoms with Gasteiger partial charge in [-0.15, -0.1) is 0 Å². The van der Waals surface area contributed by atoms with Crippen LogP contribution in [0.4, 0.5) is 5.82 Å². The van der Waals surface area contributed by atoms with E-state index < -0.39 is 0 Å². The van der Waals surface area contributed by atoms with Crippen LogP contribution in [0, 0.1) is 0 Å². The van der Waals surface area contributed by atoms with Crippen molar-refractivity contribution in [3.8, 4) is 17.1 Å². The molecule has 0 spiro atoms. The second-order valence-corrected chi connectivity index (χ2v) is 11.3. The van der Waals surface area contributed by atoms with E-state index in [0.29, 0.717) is 12.1 Å². The molecule has 198 valence electrons. The van der Waals surface area contributed by atoms with Gasteiger partial charge in [0.15, 0.2) is 0 Å². The molecule has 6 rings (SSSR count). The Bertz CT molecular complexity index is 1220. The van der Waals surface area contributed by atoms with Gasteiger partial charge < -0.3 is 19.3 Å². The first-order chi connectivity index (χ1) is 18.0. The number of piperazine rings is 1. The molecule has 0 unspecified atom stereocenters. The molecule has 37 heavy (non-hydrogen) atoms. The van der Waals surface area contributed by atoms with Gasteiger partial charge in [0.25, 0.3) is 0 Å². The van der Waals surface area contributed by atoms with Crippen LogP contribution in [0.1, 0.15) is 39.5 Å². The Balaban J connectivity index is 1.09. The number of benzene rings is 1. The maximum atomic E-state index is 6.20. The van der Waals surface area contributed by atoms with Crippen molar-refractivity contribution in [3.63, 3.8) is 0 Å². The molecule has 2 aliphatic heterocycles.